The molecule has 1 aromatic heterocycles. The zero-order chi connectivity index (χ0) is 15.4. The zero-order valence-corrected chi connectivity index (χ0v) is 13.3. The Morgan fingerprint density at radius 1 is 1.09 bits per heavy atom. The quantitative estimate of drug-likeness (QED) is 0.922. The van der Waals surface area contributed by atoms with Crippen LogP contribution in [-0.4, -0.2) is 39.5 Å². The molecule has 1 saturated heterocycles. The van der Waals surface area contributed by atoms with E-state index in [1.165, 1.54) is 43.5 Å². The standard InChI is InChI=1S/C18H25N3O/c1-15(20-9-3-2-4-10-20)16-5-7-17(8-6-16)18-13-19-21(14-18)11-12-22/h5-8,13-15,22H,2-4,9-12H2,1H3/t15-/m1/s1. The Kier molecular flexibility index (Phi) is 4.90. The van der Waals surface area contributed by atoms with Gasteiger partial charge in [-0.25, -0.2) is 0 Å². The molecule has 1 aromatic carbocycles. The minimum Gasteiger partial charge on any atom is -0.394 e. The van der Waals surface area contributed by atoms with Crippen LogP contribution in [0.1, 0.15) is 37.8 Å². The fraction of sp³-hybridized carbons (Fsp3) is 0.500. The number of hydrogen-bond donors (Lipinski definition) is 1. The minimum absolute atomic E-state index is 0.118. The molecule has 2 aromatic rings. The molecule has 0 aliphatic carbocycles. The Balaban J connectivity index is 1.71. The molecule has 0 bridgehead atoms. The van der Waals surface area contributed by atoms with Gasteiger partial charge in [0.15, 0.2) is 0 Å². The molecule has 0 unspecified atom stereocenters. The second-order valence-electron chi connectivity index (χ2n) is 6.11. The van der Waals surface area contributed by atoms with E-state index in [9.17, 15) is 0 Å². The third-order valence-electron chi connectivity index (χ3n) is 4.63. The average Bonchev–Trinajstić information content (AvgIpc) is 3.04. The summed E-state index contributed by atoms with van der Waals surface area (Å²) in [6.45, 7) is 5.41. The molecular weight excluding hydrogens is 274 g/mol. The van der Waals surface area contributed by atoms with Gasteiger partial charge in [0.1, 0.15) is 0 Å². The summed E-state index contributed by atoms with van der Waals surface area (Å²) in [4.78, 5) is 2.58. The lowest BCUT2D eigenvalue weighted by Gasteiger charge is -2.32. The van der Waals surface area contributed by atoms with Gasteiger partial charge in [0.25, 0.3) is 0 Å². The Morgan fingerprint density at radius 2 is 1.82 bits per heavy atom. The van der Waals surface area contributed by atoms with Crippen molar-refractivity contribution in [1.29, 1.82) is 0 Å². The Labute approximate surface area is 132 Å². The van der Waals surface area contributed by atoms with Crippen LogP contribution in [0.4, 0.5) is 0 Å². The van der Waals surface area contributed by atoms with Gasteiger partial charge in [-0.3, -0.25) is 9.58 Å². The fourth-order valence-electron chi connectivity index (χ4n) is 3.21. The van der Waals surface area contributed by atoms with E-state index in [-0.39, 0.29) is 6.61 Å². The van der Waals surface area contributed by atoms with E-state index in [0.717, 1.165) is 5.56 Å². The SMILES string of the molecule is C[C@H](c1ccc(-c2cnn(CCO)c2)cc1)N1CCCCC1. The third-order valence-corrected chi connectivity index (χ3v) is 4.63. The van der Waals surface area contributed by atoms with Gasteiger partial charge < -0.3 is 5.11 Å². The van der Waals surface area contributed by atoms with E-state index in [1.807, 2.05) is 12.4 Å². The van der Waals surface area contributed by atoms with Gasteiger partial charge in [-0.05, 0) is 44.0 Å². The number of aliphatic hydroxyl groups is 1. The summed E-state index contributed by atoms with van der Waals surface area (Å²) in [6.07, 6.45) is 7.87. The second kappa shape index (κ2) is 7.07. The van der Waals surface area contributed by atoms with Crippen molar-refractivity contribution in [3.8, 4) is 11.1 Å². The summed E-state index contributed by atoms with van der Waals surface area (Å²) >= 11 is 0. The number of likely N-dealkylation sites (tertiary alicyclic amines) is 1. The summed E-state index contributed by atoms with van der Waals surface area (Å²) in [5.41, 5.74) is 3.66. The molecule has 2 heterocycles. The maximum absolute atomic E-state index is 8.96. The number of benzene rings is 1. The summed E-state index contributed by atoms with van der Waals surface area (Å²) in [6, 6.07) is 9.31. The van der Waals surface area contributed by atoms with Crippen LogP contribution in [0.5, 0.6) is 0 Å². The summed E-state index contributed by atoms with van der Waals surface area (Å²) < 4.78 is 1.78. The molecule has 1 atom stereocenters. The number of rotatable bonds is 5. The number of aromatic nitrogens is 2. The monoisotopic (exact) mass is 299 g/mol. The highest BCUT2D eigenvalue weighted by atomic mass is 16.3. The fourth-order valence-corrected chi connectivity index (χ4v) is 3.21. The van der Waals surface area contributed by atoms with Gasteiger partial charge in [-0.15, -0.1) is 0 Å². The van der Waals surface area contributed by atoms with Gasteiger partial charge in [0, 0.05) is 17.8 Å². The van der Waals surface area contributed by atoms with Crippen molar-refractivity contribution in [2.24, 2.45) is 0 Å². The van der Waals surface area contributed by atoms with Crippen LogP contribution >= 0.6 is 0 Å². The van der Waals surface area contributed by atoms with E-state index >= 15 is 0 Å². The maximum atomic E-state index is 8.96. The molecular formula is C18H25N3O. The molecule has 4 heteroatoms. The molecule has 118 valence electrons. The lowest BCUT2D eigenvalue weighted by molar-refractivity contribution is 0.175. The van der Waals surface area contributed by atoms with Crippen molar-refractivity contribution in [3.05, 3.63) is 42.2 Å². The summed E-state index contributed by atoms with van der Waals surface area (Å²) in [7, 11) is 0. The highest BCUT2D eigenvalue weighted by Gasteiger charge is 2.17. The number of aliphatic hydroxyl groups excluding tert-OH is 1. The first-order valence-corrected chi connectivity index (χ1v) is 8.25. The maximum Gasteiger partial charge on any atom is 0.0641 e. The molecule has 0 spiro atoms. The van der Waals surface area contributed by atoms with E-state index in [0.29, 0.717) is 12.6 Å². The molecule has 3 rings (SSSR count). The molecule has 0 amide bonds. The van der Waals surface area contributed by atoms with E-state index in [2.05, 4.69) is 41.2 Å². The molecule has 1 N–H and O–H groups in total. The van der Waals surface area contributed by atoms with Crippen LogP contribution in [0.15, 0.2) is 36.7 Å². The molecule has 22 heavy (non-hydrogen) atoms. The van der Waals surface area contributed by atoms with Crippen molar-refractivity contribution >= 4 is 0 Å². The van der Waals surface area contributed by atoms with Gasteiger partial charge in [-0.1, -0.05) is 30.7 Å². The van der Waals surface area contributed by atoms with Crippen LogP contribution in [0.2, 0.25) is 0 Å². The largest absolute Gasteiger partial charge is 0.394 e. The van der Waals surface area contributed by atoms with Crippen LogP contribution in [0.25, 0.3) is 11.1 Å². The molecule has 0 saturated carbocycles. The van der Waals surface area contributed by atoms with Crippen LogP contribution < -0.4 is 0 Å². The van der Waals surface area contributed by atoms with E-state index in [4.69, 9.17) is 5.11 Å². The number of nitrogens with zero attached hydrogens (tertiary/aromatic N) is 3. The van der Waals surface area contributed by atoms with Gasteiger partial charge in [0.05, 0.1) is 19.3 Å². The summed E-state index contributed by atoms with van der Waals surface area (Å²) in [5, 5.41) is 13.2. The van der Waals surface area contributed by atoms with E-state index < -0.39 is 0 Å². The molecule has 1 aliphatic rings. The van der Waals surface area contributed by atoms with Crippen molar-refractivity contribution in [2.45, 2.75) is 38.8 Å². The zero-order valence-electron chi connectivity index (χ0n) is 13.3. The highest BCUT2D eigenvalue weighted by Crippen LogP contribution is 2.26. The van der Waals surface area contributed by atoms with Crippen molar-refractivity contribution < 1.29 is 5.11 Å². The van der Waals surface area contributed by atoms with E-state index in [1.54, 1.807) is 4.68 Å². The normalized spacial score (nSPS) is 17.5. The van der Waals surface area contributed by atoms with Crippen molar-refractivity contribution in [1.82, 2.24) is 14.7 Å². The first kappa shape index (κ1) is 15.3. The van der Waals surface area contributed by atoms with Crippen LogP contribution in [0.3, 0.4) is 0 Å². The topological polar surface area (TPSA) is 41.3 Å². The minimum atomic E-state index is 0.118. The smallest absolute Gasteiger partial charge is 0.0641 e. The summed E-state index contributed by atoms with van der Waals surface area (Å²) in [5.74, 6) is 0. The first-order valence-electron chi connectivity index (χ1n) is 8.25. The molecule has 1 aliphatic heterocycles. The lowest BCUT2D eigenvalue weighted by Crippen LogP contribution is -2.32. The lowest BCUT2D eigenvalue weighted by atomic mass is 10.0. The third kappa shape index (κ3) is 3.39. The molecule has 0 radical (unpaired) electrons. The second-order valence-corrected chi connectivity index (χ2v) is 6.11. The number of piperidine rings is 1. The van der Waals surface area contributed by atoms with Crippen LogP contribution in [0, 0.1) is 0 Å². The van der Waals surface area contributed by atoms with Crippen molar-refractivity contribution in [3.63, 3.8) is 0 Å². The first-order chi connectivity index (χ1) is 10.8. The van der Waals surface area contributed by atoms with Crippen LogP contribution in [-0.2, 0) is 6.54 Å². The average molecular weight is 299 g/mol. The predicted octanol–water partition coefficient (Wildman–Crippen LogP) is 3.09. The number of hydrogen-bond acceptors (Lipinski definition) is 3. The highest BCUT2D eigenvalue weighted by molar-refractivity contribution is 5.62. The predicted molar refractivity (Wildman–Crippen MR) is 88.6 cm³/mol. The van der Waals surface area contributed by atoms with Gasteiger partial charge in [-0.2, -0.15) is 5.10 Å². The molecule has 4 nitrogen and oxygen atoms in total. The molecule has 1 fully saturated rings. The van der Waals surface area contributed by atoms with Crippen molar-refractivity contribution in [2.75, 3.05) is 19.7 Å². The van der Waals surface area contributed by atoms with Gasteiger partial charge >= 0.3 is 0 Å². The van der Waals surface area contributed by atoms with Gasteiger partial charge in [0.2, 0.25) is 0 Å². The Bertz CT molecular complexity index is 585. The Hall–Kier alpha value is -1.65. The Morgan fingerprint density at radius 3 is 2.50 bits per heavy atom.